The molecule has 0 bridgehead atoms. The van der Waals surface area contributed by atoms with Gasteiger partial charge in [0.05, 0.1) is 25.9 Å². The van der Waals surface area contributed by atoms with Crippen molar-refractivity contribution in [3.8, 4) is 0 Å². The zero-order valence-corrected chi connectivity index (χ0v) is 10.5. The summed E-state index contributed by atoms with van der Waals surface area (Å²) in [4.78, 5) is 0. The lowest BCUT2D eigenvalue weighted by Gasteiger charge is -2.13. The van der Waals surface area contributed by atoms with Crippen LogP contribution in [0.15, 0.2) is 18.2 Å². The van der Waals surface area contributed by atoms with E-state index in [1.54, 1.807) is 0 Å². The highest BCUT2D eigenvalue weighted by molar-refractivity contribution is 5.21. The second-order valence-electron chi connectivity index (χ2n) is 4.15. The lowest BCUT2D eigenvalue weighted by molar-refractivity contribution is -0.0119. The van der Waals surface area contributed by atoms with Gasteiger partial charge < -0.3 is 14.6 Å². The zero-order chi connectivity index (χ0) is 13.5. The Kier molecular flexibility index (Phi) is 6.18. The summed E-state index contributed by atoms with van der Waals surface area (Å²) >= 11 is 0. The van der Waals surface area contributed by atoms with E-state index in [-0.39, 0.29) is 18.3 Å². The maximum atomic E-state index is 13.3. The van der Waals surface area contributed by atoms with Gasteiger partial charge in [-0.25, -0.2) is 8.78 Å². The standard InChI is InChI=1S/C13H18F2O3/c1-9(2)18-7-6-17-8-12(16)10-4-3-5-11(14)13(10)15/h3-5,9,12,16H,6-8H2,1-2H3. The topological polar surface area (TPSA) is 38.7 Å². The number of ether oxygens (including phenoxy) is 2. The van der Waals surface area contributed by atoms with Crippen LogP contribution in [0, 0.1) is 11.6 Å². The fourth-order valence-corrected chi connectivity index (χ4v) is 1.41. The molecule has 0 amide bonds. The molecule has 0 saturated heterocycles. The predicted molar refractivity (Wildman–Crippen MR) is 63.2 cm³/mol. The van der Waals surface area contributed by atoms with Gasteiger partial charge in [0.2, 0.25) is 0 Å². The van der Waals surface area contributed by atoms with E-state index in [1.807, 2.05) is 13.8 Å². The van der Waals surface area contributed by atoms with Crippen LogP contribution in [0.4, 0.5) is 8.78 Å². The van der Waals surface area contributed by atoms with Gasteiger partial charge in [0.25, 0.3) is 0 Å². The average Bonchev–Trinajstić information content (AvgIpc) is 2.31. The van der Waals surface area contributed by atoms with Gasteiger partial charge in [-0.2, -0.15) is 0 Å². The summed E-state index contributed by atoms with van der Waals surface area (Å²) in [6.07, 6.45) is -1.07. The van der Waals surface area contributed by atoms with Crippen LogP contribution in [0.2, 0.25) is 0 Å². The summed E-state index contributed by atoms with van der Waals surface area (Å²) in [7, 11) is 0. The van der Waals surface area contributed by atoms with E-state index in [1.165, 1.54) is 12.1 Å². The largest absolute Gasteiger partial charge is 0.386 e. The molecular weight excluding hydrogens is 242 g/mol. The first-order valence-corrected chi connectivity index (χ1v) is 5.83. The third kappa shape index (κ3) is 4.68. The molecule has 1 unspecified atom stereocenters. The van der Waals surface area contributed by atoms with Crippen molar-refractivity contribution in [1.29, 1.82) is 0 Å². The van der Waals surface area contributed by atoms with Crippen LogP contribution in [0.5, 0.6) is 0 Å². The van der Waals surface area contributed by atoms with Gasteiger partial charge in [-0.05, 0) is 19.9 Å². The number of halogens is 2. The molecule has 1 N–H and O–H groups in total. The quantitative estimate of drug-likeness (QED) is 0.765. The van der Waals surface area contributed by atoms with Crippen molar-refractivity contribution in [1.82, 2.24) is 0 Å². The lowest BCUT2D eigenvalue weighted by Crippen LogP contribution is -2.14. The van der Waals surface area contributed by atoms with Crippen LogP contribution in [-0.4, -0.2) is 31.0 Å². The molecule has 0 aliphatic rings. The van der Waals surface area contributed by atoms with Crippen LogP contribution in [0.1, 0.15) is 25.5 Å². The molecule has 0 heterocycles. The molecule has 0 aromatic heterocycles. The Morgan fingerprint density at radius 3 is 2.61 bits per heavy atom. The highest BCUT2D eigenvalue weighted by atomic mass is 19.2. The Labute approximate surface area is 105 Å². The first-order chi connectivity index (χ1) is 8.52. The second-order valence-corrected chi connectivity index (χ2v) is 4.15. The summed E-state index contributed by atoms with van der Waals surface area (Å²) in [6.45, 7) is 4.40. The summed E-state index contributed by atoms with van der Waals surface area (Å²) < 4.78 is 36.6. The highest BCUT2D eigenvalue weighted by Crippen LogP contribution is 2.19. The van der Waals surface area contributed by atoms with Crippen molar-refractivity contribution in [3.63, 3.8) is 0 Å². The highest BCUT2D eigenvalue weighted by Gasteiger charge is 2.15. The normalized spacial score (nSPS) is 13.0. The van der Waals surface area contributed by atoms with E-state index in [0.29, 0.717) is 13.2 Å². The van der Waals surface area contributed by atoms with Gasteiger partial charge in [0, 0.05) is 5.56 Å². The molecule has 0 spiro atoms. The van der Waals surface area contributed by atoms with Crippen LogP contribution in [-0.2, 0) is 9.47 Å². The van der Waals surface area contributed by atoms with E-state index in [4.69, 9.17) is 9.47 Å². The number of aliphatic hydroxyl groups excluding tert-OH is 1. The van der Waals surface area contributed by atoms with E-state index in [9.17, 15) is 13.9 Å². The van der Waals surface area contributed by atoms with Crippen molar-refractivity contribution in [2.45, 2.75) is 26.1 Å². The van der Waals surface area contributed by atoms with Crippen LogP contribution in [0.25, 0.3) is 0 Å². The smallest absolute Gasteiger partial charge is 0.164 e. The van der Waals surface area contributed by atoms with Gasteiger partial charge in [0.15, 0.2) is 11.6 Å². The Hall–Kier alpha value is -1.04. The van der Waals surface area contributed by atoms with E-state index in [2.05, 4.69) is 0 Å². The number of hydrogen-bond acceptors (Lipinski definition) is 3. The van der Waals surface area contributed by atoms with Crippen molar-refractivity contribution >= 4 is 0 Å². The fourth-order valence-electron chi connectivity index (χ4n) is 1.41. The molecule has 3 nitrogen and oxygen atoms in total. The summed E-state index contributed by atoms with van der Waals surface area (Å²) in [5, 5.41) is 9.66. The molecule has 18 heavy (non-hydrogen) atoms. The average molecular weight is 260 g/mol. The summed E-state index contributed by atoms with van der Waals surface area (Å²) in [5.74, 6) is -2.01. The molecule has 0 saturated carbocycles. The molecule has 1 aromatic carbocycles. The van der Waals surface area contributed by atoms with Gasteiger partial charge in [-0.3, -0.25) is 0 Å². The third-order valence-corrected chi connectivity index (χ3v) is 2.30. The lowest BCUT2D eigenvalue weighted by atomic mass is 10.1. The predicted octanol–water partition coefficient (Wildman–Crippen LogP) is 2.44. The maximum Gasteiger partial charge on any atom is 0.164 e. The zero-order valence-electron chi connectivity index (χ0n) is 10.5. The number of benzene rings is 1. The SMILES string of the molecule is CC(C)OCCOCC(O)c1cccc(F)c1F. The minimum Gasteiger partial charge on any atom is -0.386 e. The third-order valence-electron chi connectivity index (χ3n) is 2.30. The Morgan fingerprint density at radius 2 is 1.94 bits per heavy atom. The minimum atomic E-state index is -1.18. The Balaban J connectivity index is 2.36. The Bertz CT molecular complexity index is 369. The molecular formula is C13H18F2O3. The number of hydrogen-bond donors (Lipinski definition) is 1. The monoisotopic (exact) mass is 260 g/mol. The van der Waals surface area contributed by atoms with Crippen molar-refractivity contribution in [2.24, 2.45) is 0 Å². The molecule has 5 heteroatoms. The van der Waals surface area contributed by atoms with Crippen molar-refractivity contribution in [2.75, 3.05) is 19.8 Å². The van der Waals surface area contributed by atoms with Gasteiger partial charge >= 0.3 is 0 Å². The fraction of sp³-hybridized carbons (Fsp3) is 0.538. The van der Waals surface area contributed by atoms with Gasteiger partial charge in [-0.15, -0.1) is 0 Å². The maximum absolute atomic E-state index is 13.3. The molecule has 1 aromatic rings. The summed E-state index contributed by atoms with van der Waals surface area (Å²) in [6, 6.07) is 3.68. The van der Waals surface area contributed by atoms with Gasteiger partial charge in [-0.1, -0.05) is 12.1 Å². The number of rotatable bonds is 7. The van der Waals surface area contributed by atoms with Crippen molar-refractivity contribution in [3.05, 3.63) is 35.4 Å². The van der Waals surface area contributed by atoms with Crippen LogP contribution < -0.4 is 0 Å². The molecule has 0 aliphatic carbocycles. The number of aliphatic hydroxyl groups is 1. The van der Waals surface area contributed by atoms with E-state index < -0.39 is 17.7 Å². The van der Waals surface area contributed by atoms with Crippen LogP contribution in [0.3, 0.4) is 0 Å². The van der Waals surface area contributed by atoms with E-state index >= 15 is 0 Å². The first-order valence-electron chi connectivity index (χ1n) is 5.83. The Morgan fingerprint density at radius 1 is 1.22 bits per heavy atom. The first kappa shape index (κ1) is 15.0. The minimum absolute atomic E-state index is 0.0954. The molecule has 1 atom stereocenters. The van der Waals surface area contributed by atoms with Gasteiger partial charge in [0.1, 0.15) is 6.10 Å². The summed E-state index contributed by atoms with van der Waals surface area (Å²) in [5.41, 5.74) is -0.0974. The van der Waals surface area contributed by atoms with E-state index in [0.717, 1.165) is 6.07 Å². The molecule has 0 radical (unpaired) electrons. The van der Waals surface area contributed by atoms with Crippen molar-refractivity contribution < 1.29 is 23.4 Å². The molecule has 102 valence electrons. The second kappa shape index (κ2) is 7.41. The molecule has 0 aliphatic heterocycles. The van der Waals surface area contributed by atoms with Crippen LogP contribution >= 0.6 is 0 Å². The molecule has 0 fully saturated rings. The molecule has 1 rings (SSSR count).